The van der Waals surface area contributed by atoms with Gasteiger partial charge in [-0.25, -0.2) is 4.79 Å². The largest absolute Gasteiger partial charge is 0.463 e. The van der Waals surface area contributed by atoms with Crippen LogP contribution < -0.4 is 4.90 Å². The standard InChI is InChI=1S/C19H23NO3/c1-13-11-19(2,3)20(16-8-6-5-7-15(13)16)12-14-9-10-17(23-14)18(21)22-4/h5-10,13H,11-12H2,1-4H3/t13-/m0/s1. The van der Waals surface area contributed by atoms with Crippen molar-refractivity contribution >= 4 is 11.7 Å². The summed E-state index contributed by atoms with van der Waals surface area (Å²) < 4.78 is 10.4. The lowest BCUT2D eigenvalue weighted by atomic mass is 9.80. The lowest BCUT2D eigenvalue weighted by molar-refractivity contribution is 0.0563. The number of fused-ring (bicyclic) bond motifs is 1. The molecule has 122 valence electrons. The van der Waals surface area contributed by atoms with Crippen molar-refractivity contribution in [1.29, 1.82) is 0 Å². The number of benzene rings is 1. The van der Waals surface area contributed by atoms with Crippen LogP contribution in [0.3, 0.4) is 0 Å². The van der Waals surface area contributed by atoms with E-state index in [1.54, 1.807) is 6.07 Å². The molecule has 23 heavy (non-hydrogen) atoms. The van der Waals surface area contributed by atoms with E-state index in [0.29, 0.717) is 12.5 Å². The number of esters is 1. The van der Waals surface area contributed by atoms with Crippen molar-refractivity contribution in [3.63, 3.8) is 0 Å². The van der Waals surface area contributed by atoms with E-state index in [1.165, 1.54) is 18.4 Å². The third kappa shape index (κ3) is 2.85. The summed E-state index contributed by atoms with van der Waals surface area (Å²) in [5.41, 5.74) is 2.63. The second kappa shape index (κ2) is 5.76. The summed E-state index contributed by atoms with van der Waals surface area (Å²) in [5.74, 6) is 1.10. The molecule has 0 saturated heterocycles. The molecule has 2 aromatic rings. The molecule has 0 saturated carbocycles. The fraction of sp³-hybridized carbons (Fsp3) is 0.421. The van der Waals surface area contributed by atoms with Crippen LogP contribution in [-0.4, -0.2) is 18.6 Å². The average molecular weight is 313 g/mol. The first kappa shape index (κ1) is 15.7. The van der Waals surface area contributed by atoms with E-state index in [2.05, 4.69) is 49.9 Å². The Morgan fingerprint density at radius 3 is 2.78 bits per heavy atom. The third-order valence-electron chi connectivity index (χ3n) is 4.66. The summed E-state index contributed by atoms with van der Waals surface area (Å²) in [4.78, 5) is 13.9. The van der Waals surface area contributed by atoms with Crippen molar-refractivity contribution in [2.75, 3.05) is 12.0 Å². The molecule has 3 rings (SSSR count). The zero-order valence-corrected chi connectivity index (χ0v) is 14.1. The van der Waals surface area contributed by atoms with Gasteiger partial charge in [-0.2, -0.15) is 0 Å². The SMILES string of the molecule is COC(=O)c1ccc(CN2c3ccccc3[C@@H](C)CC2(C)C)o1. The predicted molar refractivity (Wildman–Crippen MR) is 89.8 cm³/mol. The summed E-state index contributed by atoms with van der Waals surface area (Å²) in [6, 6.07) is 12.0. The van der Waals surface area contributed by atoms with Crippen LogP contribution in [-0.2, 0) is 11.3 Å². The Labute approximate surface area is 137 Å². The minimum absolute atomic E-state index is 0.0198. The number of anilines is 1. The van der Waals surface area contributed by atoms with Gasteiger partial charge in [0, 0.05) is 11.2 Å². The minimum atomic E-state index is -0.442. The number of hydrogen-bond donors (Lipinski definition) is 0. The lowest BCUT2D eigenvalue weighted by Gasteiger charge is -2.47. The molecule has 4 heteroatoms. The van der Waals surface area contributed by atoms with E-state index in [4.69, 9.17) is 9.15 Å². The molecule has 0 radical (unpaired) electrons. The van der Waals surface area contributed by atoms with Crippen molar-refractivity contribution < 1.29 is 13.9 Å². The van der Waals surface area contributed by atoms with Crippen LogP contribution in [0.2, 0.25) is 0 Å². The fourth-order valence-corrected chi connectivity index (χ4v) is 3.57. The number of carbonyl (C=O) groups excluding carboxylic acids is 1. The summed E-state index contributed by atoms with van der Waals surface area (Å²) in [5, 5.41) is 0. The number of nitrogens with zero attached hydrogens (tertiary/aromatic N) is 1. The molecule has 0 fully saturated rings. The van der Waals surface area contributed by atoms with Crippen LogP contribution in [0.4, 0.5) is 5.69 Å². The Hall–Kier alpha value is -2.23. The third-order valence-corrected chi connectivity index (χ3v) is 4.66. The number of ether oxygens (including phenoxy) is 1. The van der Waals surface area contributed by atoms with Crippen LogP contribution in [0.5, 0.6) is 0 Å². The summed E-state index contributed by atoms with van der Waals surface area (Å²) >= 11 is 0. The van der Waals surface area contributed by atoms with E-state index in [1.807, 2.05) is 6.07 Å². The molecule has 0 bridgehead atoms. The van der Waals surface area contributed by atoms with Crippen molar-refractivity contribution in [2.24, 2.45) is 0 Å². The van der Waals surface area contributed by atoms with Crippen LogP contribution >= 0.6 is 0 Å². The second-order valence-corrected chi connectivity index (χ2v) is 6.82. The topological polar surface area (TPSA) is 42.7 Å². The zero-order chi connectivity index (χ0) is 16.6. The normalized spacial score (nSPS) is 19.3. The molecule has 0 spiro atoms. The molecule has 0 aliphatic carbocycles. The maximum Gasteiger partial charge on any atom is 0.373 e. The monoisotopic (exact) mass is 313 g/mol. The highest BCUT2D eigenvalue weighted by atomic mass is 16.5. The van der Waals surface area contributed by atoms with Crippen molar-refractivity contribution in [3.8, 4) is 0 Å². The van der Waals surface area contributed by atoms with Gasteiger partial charge < -0.3 is 14.1 Å². The smallest absolute Gasteiger partial charge is 0.373 e. The number of furan rings is 1. The van der Waals surface area contributed by atoms with Crippen molar-refractivity contribution in [2.45, 2.75) is 45.2 Å². The van der Waals surface area contributed by atoms with Gasteiger partial charge in [-0.05, 0) is 49.9 Å². The number of methoxy groups -OCH3 is 1. The molecule has 1 atom stereocenters. The van der Waals surface area contributed by atoms with Crippen LogP contribution in [0.25, 0.3) is 0 Å². The van der Waals surface area contributed by atoms with Crippen molar-refractivity contribution in [1.82, 2.24) is 0 Å². The van der Waals surface area contributed by atoms with Gasteiger partial charge in [0.05, 0.1) is 13.7 Å². The Kier molecular flexibility index (Phi) is 3.92. The van der Waals surface area contributed by atoms with Gasteiger partial charge in [-0.1, -0.05) is 25.1 Å². The number of carbonyl (C=O) groups is 1. The van der Waals surface area contributed by atoms with E-state index in [9.17, 15) is 4.79 Å². The molecule has 0 unspecified atom stereocenters. The summed E-state index contributed by atoms with van der Waals surface area (Å²) in [7, 11) is 1.36. The molecule has 1 aliphatic heterocycles. The van der Waals surface area contributed by atoms with Crippen LogP contribution in [0, 0.1) is 0 Å². The molecule has 1 aliphatic rings. The molecule has 0 N–H and O–H groups in total. The Morgan fingerprint density at radius 2 is 2.04 bits per heavy atom. The average Bonchev–Trinajstić information content (AvgIpc) is 2.99. The highest BCUT2D eigenvalue weighted by Gasteiger charge is 2.36. The van der Waals surface area contributed by atoms with Gasteiger partial charge in [0.15, 0.2) is 0 Å². The van der Waals surface area contributed by atoms with Gasteiger partial charge in [0.1, 0.15) is 5.76 Å². The number of hydrogen-bond acceptors (Lipinski definition) is 4. The van der Waals surface area contributed by atoms with Gasteiger partial charge >= 0.3 is 5.97 Å². The molecule has 2 heterocycles. The molecule has 4 nitrogen and oxygen atoms in total. The Morgan fingerprint density at radius 1 is 1.30 bits per heavy atom. The molecule has 1 aromatic carbocycles. The van der Waals surface area contributed by atoms with Gasteiger partial charge in [0.2, 0.25) is 5.76 Å². The molecular weight excluding hydrogens is 290 g/mol. The first-order chi connectivity index (χ1) is 10.9. The van der Waals surface area contributed by atoms with E-state index < -0.39 is 5.97 Å². The van der Waals surface area contributed by atoms with Crippen LogP contribution in [0.1, 0.15) is 55.0 Å². The first-order valence-corrected chi connectivity index (χ1v) is 7.96. The molecular formula is C19H23NO3. The lowest BCUT2D eigenvalue weighted by Crippen LogP contribution is -2.47. The number of rotatable bonds is 3. The highest BCUT2D eigenvalue weighted by molar-refractivity contribution is 5.86. The fourth-order valence-electron chi connectivity index (χ4n) is 3.57. The highest BCUT2D eigenvalue weighted by Crippen LogP contribution is 2.43. The first-order valence-electron chi connectivity index (χ1n) is 7.96. The van der Waals surface area contributed by atoms with Gasteiger partial charge in [0.25, 0.3) is 0 Å². The molecule has 1 aromatic heterocycles. The van der Waals surface area contributed by atoms with Crippen molar-refractivity contribution in [3.05, 3.63) is 53.5 Å². The maximum absolute atomic E-state index is 11.6. The zero-order valence-electron chi connectivity index (χ0n) is 14.1. The van der Waals surface area contributed by atoms with E-state index in [0.717, 1.165) is 12.2 Å². The van der Waals surface area contributed by atoms with Gasteiger partial charge in [-0.3, -0.25) is 0 Å². The Balaban J connectivity index is 1.93. The Bertz CT molecular complexity index is 717. The summed E-state index contributed by atoms with van der Waals surface area (Å²) in [6.45, 7) is 7.42. The second-order valence-electron chi connectivity index (χ2n) is 6.82. The molecule has 0 amide bonds. The minimum Gasteiger partial charge on any atom is -0.463 e. The van der Waals surface area contributed by atoms with Crippen LogP contribution in [0.15, 0.2) is 40.8 Å². The predicted octanol–water partition coefficient (Wildman–Crippen LogP) is 4.36. The van der Waals surface area contributed by atoms with E-state index >= 15 is 0 Å². The maximum atomic E-state index is 11.6. The number of para-hydroxylation sites is 1. The summed E-state index contributed by atoms with van der Waals surface area (Å²) in [6.07, 6.45) is 1.08. The van der Waals surface area contributed by atoms with E-state index in [-0.39, 0.29) is 11.3 Å². The van der Waals surface area contributed by atoms with Gasteiger partial charge in [-0.15, -0.1) is 0 Å². The quantitative estimate of drug-likeness (QED) is 0.790.